The van der Waals surface area contributed by atoms with Crippen LogP contribution in [-0.4, -0.2) is 61.2 Å². The van der Waals surface area contributed by atoms with Crippen LogP contribution in [0.3, 0.4) is 0 Å². The smallest absolute Gasteiger partial charge is 0.249 e. The molecule has 1 amide bonds. The molecule has 1 saturated carbocycles. The molecule has 0 spiro atoms. The molecule has 40 heavy (non-hydrogen) atoms. The third-order valence-corrected chi connectivity index (χ3v) is 9.75. The fourth-order valence-corrected chi connectivity index (χ4v) is 6.97. The number of alkyl halides is 2. The van der Waals surface area contributed by atoms with Crippen molar-refractivity contribution < 1.29 is 22.7 Å². The normalized spacial score (nSPS) is 23.9. The Morgan fingerprint density at radius 1 is 1.18 bits per heavy atom. The van der Waals surface area contributed by atoms with E-state index in [0.717, 1.165) is 22.3 Å². The summed E-state index contributed by atoms with van der Waals surface area (Å²) in [7, 11) is -2.50. The topological polar surface area (TPSA) is 114 Å². The fraction of sp³-hybridized carbons (Fsp3) is 0.483. The minimum Gasteiger partial charge on any atom is -0.368 e. The zero-order valence-corrected chi connectivity index (χ0v) is 23.5. The van der Waals surface area contributed by atoms with E-state index in [-0.39, 0.29) is 18.8 Å². The van der Waals surface area contributed by atoms with Crippen LogP contribution in [-0.2, 0) is 4.79 Å². The van der Waals surface area contributed by atoms with E-state index in [1.807, 2.05) is 42.5 Å². The molecule has 3 atom stereocenters. The van der Waals surface area contributed by atoms with Crippen LogP contribution >= 0.6 is 10.6 Å². The van der Waals surface area contributed by atoms with Crippen LogP contribution in [0.5, 0.6) is 0 Å². The van der Waals surface area contributed by atoms with Crippen LogP contribution in [0.1, 0.15) is 44.7 Å². The number of carbonyl (C=O) groups excluding carboxylic acids is 1. The lowest BCUT2D eigenvalue weighted by atomic mass is 9.73. The van der Waals surface area contributed by atoms with E-state index >= 15 is 0 Å². The number of carbonyl (C=O) groups is 1. The van der Waals surface area contributed by atoms with Gasteiger partial charge in [-0.15, -0.1) is 0 Å². The average molecular weight is 572 g/mol. The van der Waals surface area contributed by atoms with Gasteiger partial charge in [-0.05, 0) is 42.2 Å². The number of rotatable bonds is 6. The molecule has 3 aromatic rings. The molecule has 2 aliphatic rings. The standard InChI is InChI=1S/C29H35F2N5O3S/c1-19(2)24(18-32)33-28(37)23-17-29(30,31)11-10-22(23)27-26(25-5-3-4-12-36(25)34-27)20-6-8-21(9-7-20)35-13-15-40(38,39)16-14-35/h3-9,12,19,22-24,38-39H,10-11,13-17H2,1-2H3,(H,33,37)/t22-,23-,24-/m1/s1. The van der Waals surface area contributed by atoms with Gasteiger partial charge in [0.25, 0.3) is 0 Å². The van der Waals surface area contributed by atoms with E-state index < -0.39 is 46.7 Å². The van der Waals surface area contributed by atoms with E-state index in [1.165, 1.54) is 0 Å². The van der Waals surface area contributed by atoms with Crippen LogP contribution in [0, 0.1) is 23.2 Å². The first kappa shape index (κ1) is 28.3. The minimum atomic E-state index is -2.98. The van der Waals surface area contributed by atoms with Crippen molar-refractivity contribution >= 4 is 27.7 Å². The Labute approximate surface area is 234 Å². The summed E-state index contributed by atoms with van der Waals surface area (Å²) in [6.07, 6.45) is 0.965. The average Bonchev–Trinajstić information content (AvgIpc) is 3.30. The highest BCUT2D eigenvalue weighted by molar-refractivity contribution is 8.24. The Balaban J connectivity index is 1.51. The van der Waals surface area contributed by atoms with Crippen molar-refractivity contribution in [1.29, 1.82) is 5.26 Å². The largest absolute Gasteiger partial charge is 0.368 e. The summed E-state index contributed by atoms with van der Waals surface area (Å²) in [4.78, 5) is 15.5. The Bertz CT molecular complexity index is 1410. The number of nitrogens with zero attached hydrogens (tertiary/aromatic N) is 4. The summed E-state index contributed by atoms with van der Waals surface area (Å²) in [6.45, 7) is 4.72. The second-order valence-corrected chi connectivity index (χ2v) is 13.6. The molecule has 8 nitrogen and oxygen atoms in total. The predicted molar refractivity (Wildman–Crippen MR) is 153 cm³/mol. The summed E-state index contributed by atoms with van der Waals surface area (Å²) in [5.74, 6) is -4.58. The van der Waals surface area contributed by atoms with Gasteiger partial charge in [0.15, 0.2) is 0 Å². The number of nitrogens with one attached hydrogen (secondary N) is 1. The van der Waals surface area contributed by atoms with Gasteiger partial charge in [-0.25, -0.2) is 13.3 Å². The first-order chi connectivity index (χ1) is 19.0. The fourth-order valence-electron chi connectivity index (χ4n) is 5.74. The molecule has 0 unspecified atom stereocenters. The van der Waals surface area contributed by atoms with Crippen LogP contribution in [0.25, 0.3) is 16.6 Å². The van der Waals surface area contributed by atoms with E-state index in [1.54, 1.807) is 24.6 Å². The van der Waals surface area contributed by atoms with Crippen LogP contribution in [0.2, 0.25) is 0 Å². The summed E-state index contributed by atoms with van der Waals surface area (Å²) in [6, 6.07) is 14.8. The molecule has 2 fully saturated rings. The third kappa shape index (κ3) is 5.80. The van der Waals surface area contributed by atoms with Gasteiger partial charge >= 0.3 is 0 Å². The van der Waals surface area contributed by atoms with Crippen LogP contribution in [0.15, 0.2) is 48.7 Å². The summed E-state index contributed by atoms with van der Waals surface area (Å²) < 4.78 is 51.0. The van der Waals surface area contributed by atoms with Crippen molar-refractivity contribution in [3.8, 4) is 17.2 Å². The predicted octanol–water partition coefficient (Wildman–Crippen LogP) is 5.76. The number of fused-ring (bicyclic) bond motifs is 1. The molecule has 1 aliphatic carbocycles. The molecule has 1 aliphatic heterocycles. The maximum atomic E-state index is 14.7. The highest BCUT2D eigenvalue weighted by Crippen LogP contribution is 2.48. The van der Waals surface area contributed by atoms with Gasteiger partial charge in [0.2, 0.25) is 11.8 Å². The second kappa shape index (κ2) is 11.0. The van der Waals surface area contributed by atoms with Crippen molar-refractivity contribution in [1.82, 2.24) is 14.9 Å². The number of benzene rings is 1. The van der Waals surface area contributed by atoms with Crippen molar-refractivity contribution in [2.45, 2.75) is 51.0 Å². The summed E-state index contributed by atoms with van der Waals surface area (Å²) in [5, 5.41) is 17.0. The summed E-state index contributed by atoms with van der Waals surface area (Å²) >= 11 is 0. The molecular weight excluding hydrogens is 536 g/mol. The zero-order chi connectivity index (χ0) is 28.7. The monoisotopic (exact) mass is 571 g/mol. The van der Waals surface area contributed by atoms with E-state index in [0.29, 0.717) is 30.3 Å². The number of nitriles is 1. The number of hydrogen-bond donors (Lipinski definition) is 3. The van der Waals surface area contributed by atoms with Gasteiger partial charge in [-0.1, -0.05) is 32.0 Å². The Morgan fingerprint density at radius 2 is 1.88 bits per heavy atom. The molecule has 11 heteroatoms. The van der Waals surface area contributed by atoms with Crippen LogP contribution < -0.4 is 10.2 Å². The molecule has 5 rings (SSSR count). The molecule has 3 N–H and O–H groups in total. The Hall–Kier alpha value is -3.20. The highest BCUT2D eigenvalue weighted by Gasteiger charge is 2.47. The van der Waals surface area contributed by atoms with Crippen molar-refractivity contribution in [3.05, 3.63) is 54.4 Å². The van der Waals surface area contributed by atoms with Crippen molar-refractivity contribution in [2.24, 2.45) is 11.8 Å². The lowest BCUT2D eigenvalue weighted by molar-refractivity contribution is -0.134. The van der Waals surface area contributed by atoms with Gasteiger partial charge in [0.05, 0.1) is 34.7 Å². The van der Waals surface area contributed by atoms with E-state index in [9.17, 15) is 27.9 Å². The number of aromatic nitrogens is 2. The number of anilines is 1. The number of amides is 1. The quantitative estimate of drug-likeness (QED) is 0.347. The molecule has 0 bridgehead atoms. The minimum absolute atomic E-state index is 0.0964. The van der Waals surface area contributed by atoms with Crippen molar-refractivity contribution in [2.75, 3.05) is 29.5 Å². The van der Waals surface area contributed by atoms with Gasteiger partial charge in [-0.3, -0.25) is 13.9 Å². The summed E-state index contributed by atoms with van der Waals surface area (Å²) in [5.41, 5.74) is 4.02. The SMILES string of the molecule is CC(C)[C@@H](C#N)NC(=O)[C@@H]1CC(F)(F)CC[C@H]1c1nn2ccccc2c1-c1ccc(N2CCS(O)(O)CC2)cc1. The number of halogens is 2. The third-order valence-electron chi connectivity index (χ3n) is 8.08. The van der Waals surface area contributed by atoms with E-state index in [4.69, 9.17) is 5.10 Å². The van der Waals surface area contributed by atoms with E-state index in [2.05, 4.69) is 16.3 Å². The molecule has 2 aromatic heterocycles. The number of pyridine rings is 1. The molecule has 214 valence electrons. The molecule has 3 heterocycles. The molecular formula is C29H35F2N5O3S. The molecule has 1 saturated heterocycles. The van der Waals surface area contributed by atoms with Crippen LogP contribution in [0.4, 0.5) is 14.5 Å². The molecule has 0 radical (unpaired) electrons. The first-order valence-corrected chi connectivity index (χ1v) is 15.5. The zero-order valence-electron chi connectivity index (χ0n) is 22.6. The first-order valence-electron chi connectivity index (χ1n) is 13.6. The number of hydrogen-bond acceptors (Lipinski definition) is 6. The lowest BCUT2D eigenvalue weighted by Gasteiger charge is -2.41. The Morgan fingerprint density at radius 3 is 2.52 bits per heavy atom. The van der Waals surface area contributed by atoms with Gasteiger partial charge < -0.3 is 10.2 Å². The maximum Gasteiger partial charge on any atom is 0.249 e. The van der Waals surface area contributed by atoms with Gasteiger partial charge in [0, 0.05) is 49.3 Å². The van der Waals surface area contributed by atoms with Gasteiger partial charge in [-0.2, -0.15) is 21.0 Å². The lowest BCUT2D eigenvalue weighted by Crippen LogP contribution is -2.46. The molecule has 1 aromatic carbocycles. The highest BCUT2D eigenvalue weighted by atomic mass is 32.3. The second-order valence-electron chi connectivity index (χ2n) is 11.2. The van der Waals surface area contributed by atoms with Gasteiger partial charge in [0.1, 0.15) is 6.04 Å². The van der Waals surface area contributed by atoms with Crippen molar-refractivity contribution in [3.63, 3.8) is 0 Å². The Kier molecular flexibility index (Phi) is 7.79. The maximum absolute atomic E-state index is 14.7.